The number of fused-ring (bicyclic) bond motifs is 2. The van der Waals surface area contributed by atoms with Crippen LogP contribution in [0.3, 0.4) is 0 Å². The van der Waals surface area contributed by atoms with Crippen molar-refractivity contribution in [3.8, 4) is 0 Å². The molecule has 192 valence electrons. The summed E-state index contributed by atoms with van der Waals surface area (Å²) in [4.78, 5) is 11.9. The average molecular weight is 495 g/mol. The first-order chi connectivity index (χ1) is 17.4. The molecule has 2 aromatic carbocycles. The summed E-state index contributed by atoms with van der Waals surface area (Å²) in [6.45, 7) is 1.99. The molecule has 1 atom stereocenters. The highest BCUT2D eigenvalue weighted by Gasteiger charge is 2.46. The third-order valence-corrected chi connectivity index (χ3v) is 7.51. The number of allylic oxidation sites excluding steroid dienone is 2. The highest BCUT2D eigenvalue weighted by Crippen LogP contribution is 2.57. The van der Waals surface area contributed by atoms with E-state index in [1.807, 2.05) is 30.4 Å². The highest BCUT2D eigenvalue weighted by molar-refractivity contribution is 5.91. The molecule has 5 nitrogen and oxygen atoms in total. The van der Waals surface area contributed by atoms with Crippen LogP contribution in [-0.2, 0) is 24.4 Å². The number of hydrogen-bond acceptors (Lipinski definition) is 5. The lowest BCUT2D eigenvalue weighted by Crippen LogP contribution is -2.37. The maximum atomic E-state index is 13.8. The predicted molar refractivity (Wildman–Crippen MR) is 137 cm³/mol. The fourth-order valence-electron chi connectivity index (χ4n) is 5.81. The van der Waals surface area contributed by atoms with Gasteiger partial charge in [-0.05, 0) is 65.8 Å². The Kier molecular flexibility index (Phi) is 8.08. The van der Waals surface area contributed by atoms with E-state index in [0.717, 1.165) is 48.0 Å². The molecule has 1 saturated carbocycles. The van der Waals surface area contributed by atoms with Gasteiger partial charge >= 0.3 is 5.97 Å². The van der Waals surface area contributed by atoms with Crippen molar-refractivity contribution < 1.29 is 28.5 Å². The van der Waals surface area contributed by atoms with E-state index in [1.165, 1.54) is 31.9 Å². The summed E-state index contributed by atoms with van der Waals surface area (Å²) in [5.41, 5.74) is 5.49. The number of halogens is 1. The van der Waals surface area contributed by atoms with Gasteiger partial charge in [0.2, 0.25) is 0 Å². The van der Waals surface area contributed by atoms with Crippen molar-refractivity contribution >= 4 is 11.5 Å². The van der Waals surface area contributed by atoms with E-state index in [-0.39, 0.29) is 30.7 Å². The Labute approximate surface area is 212 Å². The lowest BCUT2D eigenvalue weighted by atomic mass is 9.75. The van der Waals surface area contributed by atoms with Crippen molar-refractivity contribution in [1.82, 2.24) is 0 Å². The molecule has 1 unspecified atom stereocenters. The lowest BCUT2D eigenvalue weighted by molar-refractivity contribution is -0.188. The Morgan fingerprint density at radius 2 is 1.78 bits per heavy atom. The summed E-state index contributed by atoms with van der Waals surface area (Å²) in [5.74, 6) is -1.97. The van der Waals surface area contributed by atoms with Crippen LogP contribution in [0.2, 0.25) is 0 Å². The van der Waals surface area contributed by atoms with Crippen molar-refractivity contribution in [2.75, 3.05) is 20.8 Å². The van der Waals surface area contributed by atoms with Crippen LogP contribution in [0.5, 0.6) is 0 Å². The Morgan fingerprint density at radius 3 is 2.42 bits per heavy atom. The largest absolute Gasteiger partial charge is 0.466 e. The van der Waals surface area contributed by atoms with Gasteiger partial charge in [0, 0.05) is 26.1 Å². The van der Waals surface area contributed by atoms with Gasteiger partial charge in [-0.15, -0.1) is 0 Å². The van der Waals surface area contributed by atoms with Crippen LogP contribution in [0, 0.1) is 5.82 Å². The molecule has 2 aromatic rings. The zero-order valence-corrected chi connectivity index (χ0v) is 21.3. The number of carbonyl (C=O) groups excluding carboxylic acids is 1. The predicted octanol–water partition coefficient (Wildman–Crippen LogP) is 5.70. The minimum Gasteiger partial charge on any atom is -0.466 e. The van der Waals surface area contributed by atoms with Crippen LogP contribution >= 0.6 is 0 Å². The summed E-state index contributed by atoms with van der Waals surface area (Å²) in [6, 6.07) is 15.1. The van der Waals surface area contributed by atoms with Gasteiger partial charge < -0.3 is 19.3 Å². The zero-order chi connectivity index (χ0) is 25.8. The summed E-state index contributed by atoms with van der Waals surface area (Å²) >= 11 is 0. The van der Waals surface area contributed by atoms with Crippen LogP contribution in [0.1, 0.15) is 62.1 Å². The second-order valence-electron chi connectivity index (χ2n) is 9.55. The number of hydrogen-bond donors (Lipinski definition) is 1. The van der Waals surface area contributed by atoms with E-state index < -0.39 is 17.9 Å². The van der Waals surface area contributed by atoms with E-state index in [4.69, 9.17) is 14.2 Å². The highest BCUT2D eigenvalue weighted by atomic mass is 19.1. The normalized spacial score (nSPS) is 17.7. The van der Waals surface area contributed by atoms with E-state index in [2.05, 4.69) is 18.2 Å². The lowest BCUT2D eigenvalue weighted by Gasteiger charge is -2.31. The third kappa shape index (κ3) is 5.03. The molecule has 0 radical (unpaired) electrons. The molecule has 0 heterocycles. The first-order valence-electron chi connectivity index (χ1n) is 12.6. The second-order valence-corrected chi connectivity index (χ2v) is 9.55. The summed E-state index contributed by atoms with van der Waals surface area (Å²) < 4.78 is 30.3. The Hall–Kier alpha value is -2.80. The number of esters is 1. The maximum Gasteiger partial charge on any atom is 0.308 e. The van der Waals surface area contributed by atoms with Crippen molar-refractivity contribution in [3.63, 3.8) is 0 Å². The van der Waals surface area contributed by atoms with Crippen LogP contribution in [0.15, 0.2) is 66.3 Å². The zero-order valence-electron chi connectivity index (χ0n) is 21.3. The maximum absolute atomic E-state index is 13.8. The molecule has 1 fully saturated rings. The standard InChI is InChI=1S/C30H35FO5/c1-4-36-27(33)19-23(32)20-30(34-2,35-3)18-15-26-28(21-11-13-22(31)14-12-21)24-9-5-6-10-25(24)29(26)16-7-8-17-29/h5-6,9-15,18,23,32H,4,7-8,16-17,19-20H2,1-3H3/b18-15+. The SMILES string of the molecule is CCOC(=O)CC(O)CC(/C=C/C1=C(c2ccc(F)cc2)c2ccccc2C12CCCC2)(OC)OC. The molecule has 4 rings (SSSR count). The Balaban J connectivity index is 1.77. The van der Waals surface area contributed by atoms with Crippen LogP contribution in [0.25, 0.3) is 5.57 Å². The summed E-state index contributed by atoms with van der Waals surface area (Å²) in [6.07, 6.45) is 7.10. The summed E-state index contributed by atoms with van der Waals surface area (Å²) in [5, 5.41) is 10.6. The molecule has 1 spiro atoms. The number of benzene rings is 2. The molecule has 0 aliphatic heterocycles. The monoisotopic (exact) mass is 494 g/mol. The van der Waals surface area contributed by atoms with Gasteiger partial charge in [0.05, 0.1) is 19.1 Å². The first-order valence-corrected chi connectivity index (χ1v) is 12.6. The first kappa shape index (κ1) is 26.3. The number of carbonyl (C=O) groups is 1. The van der Waals surface area contributed by atoms with E-state index in [0.29, 0.717) is 0 Å². The minimum atomic E-state index is -1.23. The van der Waals surface area contributed by atoms with Crippen LogP contribution in [-0.4, -0.2) is 43.8 Å². The molecule has 6 heteroatoms. The van der Waals surface area contributed by atoms with Gasteiger partial charge in [0.25, 0.3) is 0 Å². The van der Waals surface area contributed by atoms with Gasteiger partial charge in [0.1, 0.15) is 5.82 Å². The Bertz CT molecular complexity index is 1120. The number of rotatable bonds is 10. The molecule has 0 bridgehead atoms. The molecular formula is C30H35FO5. The average Bonchev–Trinajstić information content (AvgIpc) is 3.47. The number of aliphatic hydroxyl groups excluding tert-OH is 1. The quantitative estimate of drug-likeness (QED) is 0.339. The van der Waals surface area contributed by atoms with E-state index in [9.17, 15) is 14.3 Å². The molecular weight excluding hydrogens is 459 g/mol. The van der Waals surface area contributed by atoms with Crippen molar-refractivity contribution in [3.05, 3.63) is 88.8 Å². The molecule has 36 heavy (non-hydrogen) atoms. The number of ether oxygens (including phenoxy) is 3. The van der Waals surface area contributed by atoms with Gasteiger partial charge in [-0.2, -0.15) is 0 Å². The molecule has 0 saturated heterocycles. The summed E-state index contributed by atoms with van der Waals surface area (Å²) in [7, 11) is 3.05. The third-order valence-electron chi connectivity index (χ3n) is 7.51. The van der Waals surface area contributed by atoms with Gasteiger partial charge in [-0.3, -0.25) is 4.79 Å². The molecule has 1 N–H and O–H groups in total. The fourth-order valence-corrected chi connectivity index (χ4v) is 5.81. The fraction of sp³-hybridized carbons (Fsp3) is 0.433. The van der Waals surface area contributed by atoms with Crippen LogP contribution in [0.4, 0.5) is 4.39 Å². The van der Waals surface area contributed by atoms with Crippen LogP contribution < -0.4 is 0 Å². The smallest absolute Gasteiger partial charge is 0.308 e. The Morgan fingerprint density at radius 1 is 1.11 bits per heavy atom. The molecule has 2 aliphatic rings. The second kappa shape index (κ2) is 11.1. The van der Waals surface area contributed by atoms with Gasteiger partial charge in [0.15, 0.2) is 5.79 Å². The minimum absolute atomic E-state index is 0.0639. The number of methoxy groups -OCH3 is 2. The topological polar surface area (TPSA) is 65.0 Å². The van der Waals surface area contributed by atoms with Gasteiger partial charge in [-0.25, -0.2) is 4.39 Å². The molecule has 0 aromatic heterocycles. The number of aliphatic hydroxyl groups is 1. The van der Waals surface area contributed by atoms with Crippen molar-refractivity contribution in [1.29, 1.82) is 0 Å². The van der Waals surface area contributed by atoms with Crippen molar-refractivity contribution in [2.24, 2.45) is 0 Å². The van der Waals surface area contributed by atoms with Crippen molar-refractivity contribution in [2.45, 2.75) is 62.8 Å². The van der Waals surface area contributed by atoms with E-state index >= 15 is 0 Å². The molecule has 0 amide bonds. The van der Waals surface area contributed by atoms with E-state index in [1.54, 1.807) is 6.92 Å². The molecule has 2 aliphatic carbocycles. The van der Waals surface area contributed by atoms with Gasteiger partial charge in [-0.1, -0.05) is 55.3 Å².